The minimum absolute atomic E-state index is 0.359. The number of aliphatic carboxylic acids is 1. The first-order chi connectivity index (χ1) is 4.18. The molecule has 3 N–H and O–H groups in total. The van der Waals surface area contributed by atoms with Crippen LogP contribution in [0.25, 0.3) is 0 Å². The molecule has 0 fully saturated rings. The van der Waals surface area contributed by atoms with Crippen LogP contribution in [0.1, 0.15) is 0 Å². The molecule has 0 heterocycles. The summed E-state index contributed by atoms with van der Waals surface area (Å²) in [4.78, 5) is 10.1. The molecule has 0 aliphatic carbocycles. The molecule has 1 unspecified atom stereocenters. The van der Waals surface area contributed by atoms with Crippen LogP contribution in [0.4, 0.5) is 0 Å². The van der Waals surface area contributed by atoms with Crippen molar-refractivity contribution in [2.24, 2.45) is 5.73 Å². The van der Waals surface area contributed by atoms with Gasteiger partial charge in [-0.25, -0.2) is 0 Å². The fraction of sp³-hybridized carbons (Fsp3) is 0.750. The molecule has 0 rings (SSSR count). The van der Waals surface area contributed by atoms with Crippen molar-refractivity contribution in [3.63, 3.8) is 0 Å². The van der Waals surface area contributed by atoms with E-state index in [0.717, 1.165) is 4.22 Å². The molecular weight excluding hydrogens is 252 g/mol. The molecule has 0 amide bonds. The van der Waals surface area contributed by atoms with Gasteiger partial charge in [-0.3, -0.25) is 0 Å². The number of nitrogens with two attached hydrogens (primary N) is 1. The third kappa shape index (κ3) is 4.94. The molecule has 0 aromatic carbocycles. The minimum atomic E-state index is -0.898. The average Bonchev–Trinajstić information content (AvgIpc) is 1.82. The van der Waals surface area contributed by atoms with Crippen LogP contribution in [0, 0.1) is 0 Å². The van der Waals surface area contributed by atoms with E-state index in [1.165, 1.54) is 0 Å². The summed E-state index contributed by atoms with van der Waals surface area (Å²) in [7, 11) is 0. The first-order valence-corrected chi connectivity index (χ1v) is 5.96. The van der Waals surface area contributed by atoms with Crippen LogP contribution in [-0.2, 0) is 4.79 Å². The number of rotatable bonds is 4. The van der Waals surface area contributed by atoms with Crippen molar-refractivity contribution in [2.75, 3.05) is 0 Å². The fourth-order valence-corrected chi connectivity index (χ4v) is 2.33. The van der Waals surface area contributed by atoms with Crippen LogP contribution in [0.15, 0.2) is 0 Å². The third-order valence-corrected chi connectivity index (χ3v) is 4.11. The number of hydrogen-bond acceptors (Lipinski definition) is 2. The SMILES string of the molecule is NC(C[Se]C[Se])C(=O)O. The maximum atomic E-state index is 10.1. The Labute approximate surface area is 68.3 Å². The molecule has 1 radical (unpaired) electrons. The van der Waals surface area contributed by atoms with Gasteiger partial charge in [0, 0.05) is 0 Å². The van der Waals surface area contributed by atoms with Gasteiger partial charge in [0.15, 0.2) is 0 Å². The second-order valence-electron chi connectivity index (χ2n) is 1.43. The average molecular weight is 260 g/mol. The second-order valence-corrected chi connectivity index (χ2v) is 6.05. The molecule has 9 heavy (non-hydrogen) atoms. The van der Waals surface area contributed by atoms with E-state index in [1.807, 2.05) is 0 Å². The van der Waals surface area contributed by atoms with Crippen LogP contribution < -0.4 is 5.73 Å². The molecule has 0 aliphatic rings. The molecule has 5 heteroatoms. The molecule has 53 valence electrons. The van der Waals surface area contributed by atoms with Gasteiger partial charge in [-0.15, -0.1) is 0 Å². The standard InChI is InChI=1S/C4H8NO2Se2/c5-3(4(6)7)1-9-2-8/h3H,1-2,5H2,(H,6,7). The molecule has 0 saturated heterocycles. The third-order valence-electron chi connectivity index (χ3n) is 0.698. The van der Waals surface area contributed by atoms with Gasteiger partial charge in [0.1, 0.15) is 0 Å². The Hall–Kier alpha value is 0.469. The Kier molecular flexibility index (Phi) is 5.54. The van der Waals surface area contributed by atoms with Crippen LogP contribution in [0.5, 0.6) is 0 Å². The second kappa shape index (κ2) is 5.27. The zero-order valence-corrected chi connectivity index (χ0v) is 8.17. The quantitative estimate of drug-likeness (QED) is 0.641. The van der Waals surface area contributed by atoms with Gasteiger partial charge in [-0.05, 0) is 0 Å². The zero-order valence-electron chi connectivity index (χ0n) is 4.74. The van der Waals surface area contributed by atoms with Crippen molar-refractivity contribution in [2.45, 2.75) is 15.6 Å². The van der Waals surface area contributed by atoms with Gasteiger partial charge in [-0.1, -0.05) is 0 Å². The first-order valence-electron chi connectivity index (χ1n) is 2.32. The molecule has 0 bridgehead atoms. The number of carbonyl (C=O) groups is 1. The van der Waals surface area contributed by atoms with E-state index in [9.17, 15) is 4.79 Å². The van der Waals surface area contributed by atoms with Crippen LogP contribution in [0.2, 0.25) is 9.54 Å². The van der Waals surface area contributed by atoms with E-state index in [1.54, 1.807) is 0 Å². The summed E-state index contributed by atoms with van der Waals surface area (Å²) in [5, 5.41) is 8.90. The van der Waals surface area contributed by atoms with Crippen LogP contribution in [-0.4, -0.2) is 48.1 Å². The predicted molar refractivity (Wildman–Crippen MR) is 36.7 cm³/mol. The molecular formula is C4H8NO2Se2. The van der Waals surface area contributed by atoms with Gasteiger partial charge in [-0.2, -0.15) is 0 Å². The van der Waals surface area contributed by atoms with E-state index in [4.69, 9.17) is 10.8 Å². The van der Waals surface area contributed by atoms with Crippen molar-refractivity contribution in [3.05, 3.63) is 0 Å². The number of carboxylic acid groups (broad SMARTS) is 1. The van der Waals surface area contributed by atoms with Crippen LogP contribution in [0.3, 0.4) is 0 Å². The van der Waals surface area contributed by atoms with E-state index in [0.29, 0.717) is 20.3 Å². The van der Waals surface area contributed by atoms with E-state index >= 15 is 0 Å². The Bertz CT molecular complexity index is 98.6. The monoisotopic (exact) mass is 262 g/mol. The molecule has 0 saturated carbocycles. The Morgan fingerprint density at radius 1 is 1.89 bits per heavy atom. The predicted octanol–water partition coefficient (Wildman–Crippen LogP) is -0.935. The first kappa shape index (κ1) is 9.47. The summed E-state index contributed by atoms with van der Waals surface area (Å²) in [5.74, 6) is -0.898. The van der Waals surface area contributed by atoms with Gasteiger partial charge in [0.2, 0.25) is 0 Å². The fourth-order valence-electron chi connectivity index (χ4n) is 0.246. The molecule has 0 aliphatic heterocycles. The Balaban J connectivity index is 3.27. The van der Waals surface area contributed by atoms with Crippen molar-refractivity contribution < 1.29 is 9.90 Å². The summed E-state index contributed by atoms with van der Waals surface area (Å²) in [6.45, 7) is 0. The van der Waals surface area contributed by atoms with Crippen molar-refractivity contribution in [1.29, 1.82) is 0 Å². The van der Waals surface area contributed by atoms with E-state index in [2.05, 4.69) is 16.0 Å². The van der Waals surface area contributed by atoms with Gasteiger partial charge < -0.3 is 0 Å². The topological polar surface area (TPSA) is 63.3 Å². The van der Waals surface area contributed by atoms with E-state index in [-0.39, 0.29) is 0 Å². The van der Waals surface area contributed by atoms with E-state index < -0.39 is 12.0 Å². The summed E-state index contributed by atoms with van der Waals surface area (Å²) in [5.41, 5.74) is 5.20. The summed E-state index contributed by atoms with van der Waals surface area (Å²) >= 11 is 3.18. The molecule has 0 aromatic heterocycles. The van der Waals surface area contributed by atoms with Crippen molar-refractivity contribution >= 4 is 36.9 Å². The Morgan fingerprint density at radius 3 is 2.78 bits per heavy atom. The summed E-state index contributed by atoms with van der Waals surface area (Å²) in [6, 6.07) is -0.654. The molecule has 1 atom stereocenters. The zero-order chi connectivity index (χ0) is 7.28. The molecule has 3 nitrogen and oxygen atoms in total. The van der Waals surface area contributed by atoms with Crippen molar-refractivity contribution in [3.8, 4) is 0 Å². The summed E-state index contributed by atoms with van der Waals surface area (Å²) < 4.78 is 0.938. The maximum absolute atomic E-state index is 10.1. The van der Waals surface area contributed by atoms with Gasteiger partial charge in [0.05, 0.1) is 0 Å². The number of hydrogen-bond donors (Lipinski definition) is 2. The van der Waals surface area contributed by atoms with Gasteiger partial charge >= 0.3 is 68.2 Å². The molecule has 0 spiro atoms. The summed E-state index contributed by atoms with van der Waals surface area (Å²) in [6.07, 6.45) is 0. The normalized spacial score (nSPS) is 13.1. The Morgan fingerprint density at radius 2 is 2.44 bits per heavy atom. The molecule has 0 aromatic rings. The van der Waals surface area contributed by atoms with Crippen LogP contribution >= 0.6 is 0 Å². The van der Waals surface area contributed by atoms with Gasteiger partial charge in [0.25, 0.3) is 0 Å². The van der Waals surface area contributed by atoms with Crippen molar-refractivity contribution in [1.82, 2.24) is 0 Å². The number of carboxylic acids is 1.